The molecule has 0 fully saturated rings. The Morgan fingerprint density at radius 3 is 2.35 bits per heavy atom. The van der Waals surface area contributed by atoms with Gasteiger partial charge in [0.2, 0.25) is 0 Å². The van der Waals surface area contributed by atoms with Gasteiger partial charge in [0, 0.05) is 12.7 Å². The van der Waals surface area contributed by atoms with Gasteiger partial charge in [-0.2, -0.15) is 5.26 Å². The quantitative estimate of drug-likeness (QED) is 0.794. The largest absolute Gasteiger partial charge is 0.364 e. The fourth-order valence-electron chi connectivity index (χ4n) is 2.44. The summed E-state index contributed by atoms with van der Waals surface area (Å²) in [6, 6.07) is 17.0. The van der Waals surface area contributed by atoms with Crippen LogP contribution in [0.25, 0.3) is 0 Å². The summed E-state index contributed by atoms with van der Waals surface area (Å²) in [5.41, 5.74) is 3.27. The molecule has 1 aliphatic rings. The van der Waals surface area contributed by atoms with Crippen LogP contribution >= 0.6 is 0 Å². The Kier molecular flexibility index (Phi) is 2.88. The Bertz CT molecular complexity index is 700. The monoisotopic (exact) mass is 263 g/mol. The number of para-hydroxylation sites is 2. The topological polar surface area (TPSA) is 47.3 Å². The second-order valence-corrected chi connectivity index (χ2v) is 4.73. The van der Waals surface area contributed by atoms with E-state index in [1.54, 1.807) is 29.2 Å². The first-order chi connectivity index (χ1) is 9.70. The molecule has 4 heteroatoms. The van der Waals surface area contributed by atoms with Gasteiger partial charge in [0.25, 0.3) is 5.91 Å². The van der Waals surface area contributed by atoms with Crippen LogP contribution in [-0.2, 0) is 4.79 Å². The number of benzene rings is 2. The summed E-state index contributed by atoms with van der Waals surface area (Å²) in [7, 11) is 1.91. The molecule has 2 aromatic carbocycles. The van der Waals surface area contributed by atoms with Gasteiger partial charge in [-0.25, -0.2) is 0 Å². The van der Waals surface area contributed by atoms with Crippen LogP contribution in [-0.4, -0.2) is 19.5 Å². The Morgan fingerprint density at radius 1 is 1.05 bits per heavy atom. The Balaban J connectivity index is 2.10. The van der Waals surface area contributed by atoms with Crippen LogP contribution in [0.1, 0.15) is 5.56 Å². The molecule has 0 spiro atoms. The van der Waals surface area contributed by atoms with Crippen molar-refractivity contribution in [3.05, 3.63) is 54.1 Å². The van der Waals surface area contributed by atoms with Crippen molar-refractivity contribution in [2.45, 2.75) is 0 Å². The van der Waals surface area contributed by atoms with Gasteiger partial charge in [0.1, 0.15) is 0 Å². The second kappa shape index (κ2) is 4.71. The third-order valence-corrected chi connectivity index (χ3v) is 3.41. The molecule has 0 atom stereocenters. The van der Waals surface area contributed by atoms with E-state index in [-0.39, 0.29) is 5.91 Å². The third-order valence-electron chi connectivity index (χ3n) is 3.41. The molecule has 1 aliphatic heterocycles. The van der Waals surface area contributed by atoms with Crippen molar-refractivity contribution in [2.75, 3.05) is 23.4 Å². The standard InChI is InChI=1S/C16H13N3O/c1-18-11-16(20)19(15-5-3-2-4-14(15)18)13-8-6-12(10-17)7-9-13/h2-9H,11H2,1H3. The molecule has 0 saturated carbocycles. The van der Waals surface area contributed by atoms with Crippen molar-refractivity contribution in [3.63, 3.8) is 0 Å². The number of amides is 1. The first-order valence-corrected chi connectivity index (χ1v) is 6.34. The average Bonchev–Trinajstić information content (AvgIpc) is 2.48. The van der Waals surface area contributed by atoms with Gasteiger partial charge in [0.15, 0.2) is 0 Å². The zero-order valence-electron chi connectivity index (χ0n) is 11.1. The van der Waals surface area contributed by atoms with Gasteiger partial charge >= 0.3 is 0 Å². The molecule has 0 bridgehead atoms. The van der Waals surface area contributed by atoms with Crippen LogP contribution in [0.5, 0.6) is 0 Å². The number of carbonyl (C=O) groups is 1. The second-order valence-electron chi connectivity index (χ2n) is 4.73. The summed E-state index contributed by atoms with van der Waals surface area (Å²) in [6.45, 7) is 0.344. The maximum Gasteiger partial charge on any atom is 0.251 e. The molecule has 1 amide bonds. The van der Waals surface area contributed by atoms with Crippen LogP contribution in [0.4, 0.5) is 17.1 Å². The summed E-state index contributed by atoms with van der Waals surface area (Å²) in [5, 5.41) is 8.85. The van der Waals surface area contributed by atoms with E-state index in [4.69, 9.17) is 5.26 Å². The number of rotatable bonds is 1. The van der Waals surface area contributed by atoms with Crippen LogP contribution in [0, 0.1) is 11.3 Å². The molecule has 2 aromatic rings. The summed E-state index contributed by atoms with van der Waals surface area (Å²) in [4.78, 5) is 16.0. The molecule has 0 N–H and O–H groups in total. The lowest BCUT2D eigenvalue weighted by molar-refractivity contribution is -0.116. The highest BCUT2D eigenvalue weighted by Crippen LogP contribution is 2.37. The van der Waals surface area contributed by atoms with Gasteiger partial charge < -0.3 is 4.90 Å². The first kappa shape index (κ1) is 12.2. The number of anilines is 3. The lowest BCUT2D eigenvalue weighted by Crippen LogP contribution is -2.41. The number of nitrogens with zero attached hydrogens (tertiary/aromatic N) is 3. The fourth-order valence-corrected chi connectivity index (χ4v) is 2.44. The Hall–Kier alpha value is -2.80. The van der Waals surface area contributed by atoms with E-state index < -0.39 is 0 Å². The molecule has 20 heavy (non-hydrogen) atoms. The van der Waals surface area contributed by atoms with E-state index in [0.29, 0.717) is 12.1 Å². The van der Waals surface area contributed by atoms with Gasteiger partial charge in [-0.1, -0.05) is 12.1 Å². The molecule has 0 aliphatic carbocycles. The predicted molar refractivity (Wildman–Crippen MR) is 78.0 cm³/mol. The number of likely N-dealkylation sites (N-methyl/N-ethyl adjacent to an activating group) is 1. The minimum absolute atomic E-state index is 0.0240. The summed E-state index contributed by atoms with van der Waals surface area (Å²) < 4.78 is 0. The van der Waals surface area contributed by atoms with Crippen LogP contribution in [0.3, 0.4) is 0 Å². The van der Waals surface area contributed by atoms with E-state index in [0.717, 1.165) is 17.1 Å². The number of carbonyl (C=O) groups excluding carboxylic acids is 1. The van der Waals surface area contributed by atoms with Crippen molar-refractivity contribution in [3.8, 4) is 6.07 Å². The van der Waals surface area contributed by atoms with E-state index in [2.05, 4.69) is 6.07 Å². The smallest absolute Gasteiger partial charge is 0.251 e. The van der Waals surface area contributed by atoms with Gasteiger partial charge in [-0.15, -0.1) is 0 Å². The Labute approximate surface area is 117 Å². The highest BCUT2D eigenvalue weighted by molar-refractivity contribution is 6.08. The summed E-state index contributed by atoms with van der Waals surface area (Å²) in [6.07, 6.45) is 0. The third kappa shape index (κ3) is 1.90. The Morgan fingerprint density at radius 2 is 1.70 bits per heavy atom. The van der Waals surface area contributed by atoms with Gasteiger partial charge in [-0.3, -0.25) is 9.69 Å². The van der Waals surface area contributed by atoms with E-state index in [9.17, 15) is 4.79 Å². The maximum atomic E-state index is 12.3. The number of hydrogen-bond acceptors (Lipinski definition) is 3. The lowest BCUT2D eigenvalue weighted by Gasteiger charge is -2.35. The maximum absolute atomic E-state index is 12.3. The molecule has 98 valence electrons. The fraction of sp³-hybridized carbons (Fsp3) is 0.125. The number of fused-ring (bicyclic) bond motifs is 1. The van der Waals surface area contributed by atoms with E-state index in [1.807, 2.05) is 36.2 Å². The van der Waals surface area contributed by atoms with Gasteiger partial charge in [-0.05, 0) is 36.4 Å². The number of hydrogen-bond donors (Lipinski definition) is 0. The van der Waals surface area contributed by atoms with Crippen molar-refractivity contribution in [1.82, 2.24) is 0 Å². The average molecular weight is 263 g/mol. The normalized spacial score (nSPS) is 13.9. The first-order valence-electron chi connectivity index (χ1n) is 6.34. The minimum atomic E-state index is 0.0240. The number of nitriles is 1. The van der Waals surface area contributed by atoms with Crippen molar-refractivity contribution in [2.24, 2.45) is 0 Å². The molecule has 4 nitrogen and oxygen atoms in total. The highest BCUT2D eigenvalue weighted by atomic mass is 16.2. The molecular formula is C16H13N3O. The minimum Gasteiger partial charge on any atom is -0.364 e. The zero-order chi connectivity index (χ0) is 14.1. The van der Waals surface area contributed by atoms with E-state index in [1.165, 1.54) is 0 Å². The molecule has 0 unspecified atom stereocenters. The molecule has 0 saturated heterocycles. The SMILES string of the molecule is CN1CC(=O)N(c2ccc(C#N)cc2)c2ccccc21. The van der Waals surface area contributed by atoms with Crippen molar-refractivity contribution >= 4 is 23.0 Å². The molecule has 3 rings (SSSR count). The zero-order valence-corrected chi connectivity index (χ0v) is 11.1. The summed E-state index contributed by atoms with van der Waals surface area (Å²) in [5.74, 6) is 0.0240. The van der Waals surface area contributed by atoms with Gasteiger partial charge in [0.05, 0.1) is 29.6 Å². The van der Waals surface area contributed by atoms with Crippen molar-refractivity contribution < 1.29 is 4.79 Å². The summed E-state index contributed by atoms with van der Waals surface area (Å²) >= 11 is 0. The highest BCUT2D eigenvalue weighted by Gasteiger charge is 2.27. The van der Waals surface area contributed by atoms with Crippen molar-refractivity contribution in [1.29, 1.82) is 5.26 Å². The molecule has 1 heterocycles. The van der Waals surface area contributed by atoms with Crippen LogP contribution in [0.15, 0.2) is 48.5 Å². The lowest BCUT2D eigenvalue weighted by atomic mass is 10.1. The van der Waals surface area contributed by atoms with Crippen LogP contribution < -0.4 is 9.80 Å². The molecule has 0 radical (unpaired) electrons. The molecule has 0 aromatic heterocycles. The van der Waals surface area contributed by atoms with E-state index >= 15 is 0 Å². The van der Waals surface area contributed by atoms with Crippen LogP contribution in [0.2, 0.25) is 0 Å². The predicted octanol–water partition coefficient (Wildman–Crippen LogP) is 2.67. The molecular weight excluding hydrogens is 250 g/mol.